The number of nitrogens with one attached hydrogen (secondary N) is 1. The molecule has 0 saturated carbocycles. The number of halogens is 2. The number of rotatable bonds is 3. The van der Waals surface area contributed by atoms with Gasteiger partial charge in [0.1, 0.15) is 5.82 Å². The second-order valence-electron chi connectivity index (χ2n) is 6.31. The topological polar surface area (TPSA) is 50.2 Å². The highest BCUT2D eigenvalue weighted by atomic mass is 35.5. The maximum absolute atomic E-state index is 13.1. The van der Waals surface area contributed by atoms with E-state index in [1.54, 1.807) is 16.8 Å². The summed E-state index contributed by atoms with van der Waals surface area (Å²) in [5.74, 6) is -0.263. The Kier molecular flexibility index (Phi) is 6.19. The molecule has 1 aliphatic rings. The number of hydrogen-bond donors (Lipinski definition) is 1. The van der Waals surface area contributed by atoms with Gasteiger partial charge in [0.2, 0.25) is 0 Å². The van der Waals surface area contributed by atoms with Crippen molar-refractivity contribution in [3.05, 3.63) is 47.0 Å². The molecule has 0 spiro atoms. The van der Waals surface area contributed by atoms with Crippen molar-refractivity contribution in [2.75, 3.05) is 20.1 Å². The molecule has 3 rings (SSSR count). The predicted molar refractivity (Wildman–Crippen MR) is 98.2 cm³/mol. The first-order chi connectivity index (χ1) is 11.5. The Bertz CT molecular complexity index is 744. The van der Waals surface area contributed by atoms with Crippen molar-refractivity contribution in [2.24, 2.45) is 0 Å². The summed E-state index contributed by atoms with van der Waals surface area (Å²) in [6.45, 7) is 5.23. The maximum atomic E-state index is 13.1. The Hall–Kier alpha value is -1.92. The molecule has 2 aromatic rings. The molecule has 1 aliphatic heterocycles. The van der Waals surface area contributed by atoms with Crippen LogP contribution in [0, 0.1) is 19.7 Å². The lowest BCUT2D eigenvalue weighted by Gasteiger charge is -2.32. The van der Waals surface area contributed by atoms with E-state index in [4.69, 9.17) is 0 Å². The Labute approximate surface area is 153 Å². The van der Waals surface area contributed by atoms with Crippen LogP contribution in [0.25, 0.3) is 5.69 Å². The van der Waals surface area contributed by atoms with Crippen LogP contribution in [0.4, 0.5) is 4.39 Å². The number of piperidine rings is 1. The number of nitrogens with zero attached hydrogens (tertiary/aromatic N) is 3. The quantitative estimate of drug-likeness (QED) is 0.908. The molecule has 1 amide bonds. The Balaban J connectivity index is 0.00000225. The van der Waals surface area contributed by atoms with Crippen LogP contribution < -0.4 is 5.32 Å². The molecular formula is C18H24ClFN4O. The van der Waals surface area contributed by atoms with Gasteiger partial charge >= 0.3 is 0 Å². The first-order valence-electron chi connectivity index (χ1n) is 8.30. The second kappa shape index (κ2) is 7.97. The maximum Gasteiger partial charge on any atom is 0.257 e. The third-order valence-electron chi connectivity index (χ3n) is 4.69. The molecular weight excluding hydrogens is 343 g/mol. The second-order valence-corrected chi connectivity index (χ2v) is 6.31. The number of likely N-dealkylation sites (N-methyl/N-ethyl adjacent to an activating group) is 1. The lowest BCUT2D eigenvalue weighted by atomic mass is 10.0. The Morgan fingerprint density at radius 2 is 1.96 bits per heavy atom. The highest BCUT2D eigenvalue weighted by Gasteiger charge is 2.28. The van der Waals surface area contributed by atoms with Crippen LogP contribution >= 0.6 is 12.4 Å². The van der Waals surface area contributed by atoms with Gasteiger partial charge in [0.15, 0.2) is 0 Å². The van der Waals surface area contributed by atoms with Crippen LogP contribution in [-0.4, -0.2) is 46.8 Å². The van der Waals surface area contributed by atoms with Crippen LogP contribution in [0.3, 0.4) is 0 Å². The number of benzene rings is 1. The van der Waals surface area contributed by atoms with Crippen molar-refractivity contribution in [3.8, 4) is 5.69 Å². The molecule has 1 N–H and O–H groups in total. The van der Waals surface area contributed by atoms with Gasteiger partial charge in [-0.2, -0.15) is 5.10 Å². The molecule has 1 unspecified atom stereocenters. The zero-order chi connectivity index (χ0) is 17.3. The van der Waals surface area contributed by atoms with Gasteiger partial charge in [-0.05, 0) is 58.0 Å². The molecule has 1 aromatic carbocycles. The van der Waals surface area contributed by atoms with Crippen LogP contribution in [0.5, 0.6) is 0 Å². The predicted octanol–water partition coefficient (Wildman–Crippen LogP) is 2.87. The number of hydrogen-bond acceptors (Lipinski definition) is 3. The zero-order valence-corrected chi connectivity index (χ0v) is 15.6. The van der Waals surface area contributed by atoms with E-state index in [9.17, 15) is 9.18 Å². The summed E-state index contributed by atoms with van der Waals surface area (Å²) in [6.07, 6.45) is 2.09. The normalized spacial score (nSPS) is 17.3. The summed E-state index contributed by atoms with van der Waals surface area (Å²) in [5, 5.41) is 7.75. The van der Waals surface area contributed by atoms with E-state index in [1.165, 1.54) is 12.1 Å². The molecule has 1 aromatic heterocycles. The highest BCUT2D eigenvalue weighted by molar-refractivity contribution is 5.96. The molecule has 0 bridgehead atoms. The van der Waals surface area contributed by atoms with E-state index in [2.05, 4.69) is 10.4 Å². The van der Waals surface area contributed by atoms with Crippen LogP contribution in [0.15, 0.2) is 24.3 Å². The fraction of sp³-hybridized carbons (Fsp3) is 0.444. The molecule has 1 saturated heterocycles. The van der Waals surface area contributed by atoms with Crippen molar-refractivity contribution >= 4 is 18.3 Å². The van der Waals surface area contributed by atoms with Crippen molar-refractivity contribution in [3.63, 3.8) is 0 Å². The fourth-order valence-corrected chi connectivity index (χ4v) is 3.34. The zero-order valence-electron chi connectivity index (χ0n) is 14.8. The molecule has 0 radical (unpaired) electrons. The van der Waals surface area contributed by atoms with E-state index in [0.29, 0.717) is 17.3 Å². The van der Waals surface area contributed by atoms with Gasteiger partial charge in [-0.3, -0.25) is 4.79 Å². The van der Waals surface area contributed by atoms with Crippen LogP contribution in [-0.2, 0) is 0 Å². The average Bonchev–Trinajstić information content (AvgIpc) is 2.89. The third kappa shape index (κ3) is 3.85. The van der Waals surface area contributed by atoms with Gasteiger partial charge in [0, 0.05) is 19.1 Å². The van der Waals surface area contributed by atoms with Gasteiger partial charge < -0.3 is 10.2 Å². The number of aryl methyl sites for hydroxylation is 1. The molecule has 1 fully saturated rings. The minimum atomic E-state index is -0.289. The molecule has 25 heavy (non-hydrogen) atoms. The lowest BCUT2D eigenvalue weighted by molar-refractivity contribution is 0.0696. The monoisotopic (exact) mass is 366 g/mol. The van der Waals surface area contributed by atoms with Crippen molar-refractivity contribution in [2.45, 2.75) is 32.7 Å². The lowest BCUT2D eigenvalue weighted by Crippen LogP contribution is -2.47. The molecule has 2 heterocycles. The van der Waals surface area contributed by atoms with E-state index in [-0.39, 0.29) is 24.1 Å². The van der Waals surface area contributed by atoms with Gasteiger partial charge in [-0.1, -0.05) is 0 Å². The fourth-order valence-electron chi connectivity index (χ4n) is 3.34. The van der Waals surface area contributed by atoms with Crippen molar-refractivity contribution in [1.29, 1.82) is 0 Å². The first-order valence-corrected chi connectivity index (χ1v) is 8.30. The minimum Gasteiger partial charge on any atom is -0.337 e. The van der Waals surface area contributed by atoms with Crippen LogP contribution in [0.1, 0.15) is 34.6 Å². The first kappa shape index (κ1) is 19.4. The molecule has 1 atom stereocenters. The number of aromatic nitrogens is 2. The largest absolute Gasteiger partial charge is 0.337 e. The SMILES string of the molecule is CNC1CCCN(C(=O)c2c(C)nn(-c3ccc(F)cc3)c2C)C1.Cl. The average molecular weight is 367 g/mol. The van der Waals surface area contributed by atoms with Crippen LogP contribution in [0.2, 0.25) is 0 Å². The summed E-state index contributed by atoms with van der Waals surface area (Å²) in [7, 11) is 1.93. The third-order valence-corrected chi connectivity index (χ3v) is 4.69. The van der Waals surface area contributed by atoms with E-state index >= 15 is 0 Å². The standard InChI is InChI=1S/C18H23FN4O.ClH/c1-12-17(18(24)22-10-4-5-15(11-22)20-3)13(2)23(21-12)16-8-6-14(19)7-9-16;/h6-9,15,20H,4-5,10-11H2,1-3H3;1H. The summed E-state index contributed by atoms with van der Waals surface area (Å²) in [4.78, 5) is 14.9. The van der Waals surface area contributed by atoms with Gasteiger partial charge in [-0.25, -0.2) is 9.07 Å². The number of amides is 1. The minimum absolute atomic E-state index is 0. The van der Waals surface area contributed by atoms with E-state index < -0.39 is 0 Å². The van der Waals surface area contributed by atoms with Gasteiger partial charge in [-0.15, -0.1) is 12.4 Å². The van der Waals surface area contributed by atoms with Gasteiger partial charge in [0.25, 0.3) is 5.91 Å². The van der Waals surface area contributed by atoms with E-state index in [0.717, 1.165) is 37.3 Å². The Morgan fingerprint density at radius 1 is 1.28 bits per heavy atom. The summed E-state index contributed by atoms with van der Waals surface area (Å²) in [5.41, 5.74) is 2.89. The molecule has 7 heteroatoms. The van der Waals surface area contributed by atoms with Crippen molar-refractivity contribution < 1.29 is 9.18 Å². The molecule has 5 nitrogen and oxygen atoms in total. The van der Waals surface area contributed by atoms with E-state index in [1.807, 2.05) is 25.8 Å². The number of carbonyl (C=O) groups excluding carboxylic acids is 1. The smallest absolute Gasteiger partial charge is 0.257 e. The summed E-state index contributed by atoms with van der Waals surface area (Å²) < 4.78 is 14.8. The molecule has 136 valence electrons. The number of likely N-dealkylation sites (tertiary alicyclic amines) is 1. The van der Waals surface area contributed by atoms with Crippen molar-refractivity contribution in [1.82, 2.24) is 20.0 Å². The number of carbonyl (C=O) groups is 1. The summed E-state index contributed by atoms with van der Waals surface area (Å²) in [6, 6.07) is 6.47. The Morgan fingerprint density at radius 3 is 2.60 bits per heavy atom. The summed E-state index contributed by atoms with van der Waals surface area (Å²) >= 11 is 0. The highest BCUT2D eigenvalue weighted by Crippen LogP contribution is 2.22. The van der Waals surface area contributed by atoms with Gasteiger partial charge in [0.05, 0.1) is 22.6 Å². The molecule has 0 aliphatic carbocycles.